The van der Waals surface area contributed by atoms with Gasteiger partial charge in [0.1, 0.15) is 0 Å². The molecule has 90 valence electrons. The van der Waals surface area contributed by atoms with Crippen molar-refractivity contribution in [3.63, 3.8) is 0 Å². The lowest BCUT2D eigenvalue weighted by molar-refractivity contribution is 0.123. The number of halogens is 3. The van der Waals surface area contributed by atoms with Crippen molar-refractivity contribution < 1.29 is 17.7 Å². The number of methoxy groups -OCH3 is 1. The third-order valence-corrected chi connectivity index (χ3v) is 2.90. The molecule has 0 amide bonds. The van der Waals surface area contributed by atoms with Gasteiger partial charge in [0, 0.05) is 19.7 Å². The van der Waals surface area contributed by atoms with Crippen LogP contribution in [0, 0.1) is 5.92 Å². The van der Waals surface area contributed by atoms with Gasteiger partial charge in [0.25, 0.3) is 0 Å². The van der Waals surface area contributed by atoms with Gasteiger partial charge in [-0.3, -0.25) is 0 Å². The van der Waals surface area contributed by atoms with Crippen LogP contribution < -0.4 is 0 Å². The molecule has 6 heteroatoms. The lowest BCUT2D eigenvalue weighted by Crippen LogP contribution is -2.45. The topological polar surface area (TPSA) is 12.5 Å². The molecule has 15 heavy (non-hydrogen) atoms. The van der Waals surface area contributed by atoms with Crippen LogP contribution in [0.5, 0.6) is 0 Å². The number of nitrogens with zero attached hydrogens (tertiary/aromatic N) is 1. The molecule has 1 atom stereocenters. The molecule has 1 fully saturated rings. The van der Waals surface area contributed by atoms with Gasteiger partial charge in [0.05, 0.1) is 6.61 Å². The zero-order chi connectivity index (χ0) is 11.5. The second-order valence-corrected chi connectivity index (χ2v) is 4.28. The molecule has 1 saturated carbocycles. The van der Waals surface area contributed by atoms with Crippen LogP contribution in [-0.2, 0) is 4.74 Å². The first-order valence-electron chi connectivity index (χ1n) is 5.38. The molecule has 0 aromatic rings. The summed E-state index contributed by atoms with van der Waals surface area (Å²) >= 11 is 0. The van der Waals surface area contributed by atoms with Crippen LogP contribution in [0.25, 0.3) is 0 Å². The van der Waals surface area contributed by atoms with Crippen LogP contribution in [0.2, 0.25) is 0 Å². The Bertz CT molecular complexity index is 196. The van der Waals surface area contributed by atoms with E-state index in [1.54, 1.807) is 0 Å². The van der Waals surface area contributed by atoms with Gasteiger partial charge in [-0.05, 0) is 32.1 Å². The van der Waals surface area contributed by atoms with E-state index in [4.69, 9.17) is 4.74 Å². The van der Waals surface area contributed by atoms with Crippen molar-refractivity contribution in [1.82, 2.24) is 4.90 Å². The fourth-order valence-corrected chi connectivity index (χ4v) is 1.81. The molecule has 0 bridgehead atoms. The van der Waals surface area contributed by atoms with Crippen LogP contribution in [0.15, 0.2) is 0 Å². The standard InChI is InChI=1S/C9H18BF3NO/c1-8(9-3-4-9)14(5-6-15-2)7-10(11,12)13/h8-9H,3-7H2,1-2H3/q-1. The van der Waals surface area contributed by atoms with Gasteiger partial charge in [0.2, 0.25) is 0 Å². The number of hydrogen-bond donors (Lipinski definition) is 0. The summed E-state index contributed by atoms with van der Waals surface area (Å²) in [6, 6.07) is 0.0312. The highest BCUT2D eigenvalue weighted by Gasteiger charge is 2.35. The molecule has 2 nitrogen and oxygen atoms in total. The van der Waals surface area contributed by atoms with Gasteiger partial charge in [-0.15, -0.1) is 0 Å². The first-order valence-corrected chi connectivity index (χ1v) is 5.38. The van der Waals surface area contributed by atoms with Crippen LogP contribution in [-0.4, -0.2) is 44.6 Å². The molecule has 1 aliphatic carbocycles. The molecule has 0 N–H and O–H groups in total. The predicted octanol–water partition coefficient (Wildman–Crippen LogP) is 2.12. The van der Waals surface area contributed by atoms with Crippen LogP contribution in [0.1, 0.15) is 19.8 Å². The molecule has 1 aliphatic rings. The average Bonchev–Trinajstić information content (AvgIpc) is 2.92. The number of ether oxygens (including phenoxy) is 1. The van der Waals surface area contributed by atoms with Crippen molar-refractivity contribution in [2.75, 3.05) is 26.7 Å². The maximum absolute atomic E-state index is 12.4. The van der Waals surface area contributed by atoms with E-state index >= 15 is 0 Å². The molecule has 1 unspecified atom stereocenters. The molecule has 0 spiro atoms. The van der Waals surface area contributed by atoms with Crippen LogP contribution in [0.3, 0.4) is 0 Å². The van der Waals surface area contributed by atoms with Crippen molar-refractivity contribution in [3.8, 4) is 0 Å². The summed E-state index contributed by atoms with van der Waals surface area (Å²) in [5.41, 5.74) is 0. The summed E-state index contributed by atoms with van der Waals surface area (Å²) < 4.78 is 41.9. The maximum atomic E-state index is 12.4. The van der Waals surface area contributed by atoms with E-state index < -0.39 is 13.4 Å². The normalized spacial score (nSPS) is 19.6. The first kappa shape index (κ1) is 12.8. The Morgan fingerprint density at radius 1 is 1.40 bits per heavy atom. The van der Waals surface area contributed by atoms with Crippen LogP contribution >= 0.6 is 0 Å². The fourth-order valence-electron chi connectivity index (χ4n) is 1.81. The highest BCUT2D eigenvalue weighted by Crippen LogP contribution is 2.35. The first-order chi connectivity index (χ1) is 6.94. The van der Waals surface area contributed by atoms with E-state index in [1.165, 1.54) is 12.0 Å². The van der Waals surface area contributed by atoms with Crippen molar-refractivity contribution >= 4 is 6.98 Å². The van der Waals surface area contributed by atoms with E-state index in [0.29, 0.717) is 19.1 Å². The maximum Gasteiger partial charge on any atom is 0.492 e. The summed E-state index contributed by atoms with van der Waals surface area (Å²) in [6.07, 6.45) is 1.37. The third-order valence-electron chi connectivity index (χ3n) is 2.90. The zero-order valence-electron chi connectivity index (χ0n) is 9.26. The molecule has 0 aliphatic heterocycles. The van der Waals surface area contributed by atoms with Gasteiger partial charge < -0.3 is 22.6 Å². The minimum absolute atomic E-state index is 0.0312. The Labute approximate surface area is 88.8 Å². The summed E-state index contributed by atoms with van der Waals surface area (Å²) in [6.45, 7) is -2.11. The molecular formula is C9H18BF3NO-. The summed E-state index contributed by atoms with van der Waals surface area (Å²) in [4.78, 5) is 1.50. The predicted molar refractivity (Wildman–Crippen MR) is 54.7 cm³/mol. The summed E-state index contributed by atoms with van der Waals surface area (Å²) in [5, 5.41) is 0. The SMILES string of the molecule is COCCN(C[B-](F)(F)F)C(C)C1CC1. The number of rotatable bonds is 7. The van der Waals surface area contributed by atoms with E-state index in [0.717, 1.165) is 12.8 Å². The van der Waals surface area contributed by atoms with Gasteiger partial charge in [-0.1, -0.05) is 0 Å². The molecule has 0 aromatic heterocycles. The summed E-state index contributed by atoms with van der Waals surface area (Å²) in [5.74, 6) is 0.458. The van der Waals surface area contributed by atoms with Crippen molar-refractivity contribution in [1.29, 1.82) is 0 Å². The minimum Gasteiger partial charge on any atom is -0.448 e. The third kappa shape index (κ3) is 4.88. The van der Waals surface area contributed by atoms with E-state index in [1.807, 2.05) is 6.92 Å². The number of hydrogen-bond acceptors (Lipinski definition) is 2. The van der Waals surface area contributed by atoms with Crippen molar-refractivity contribution in [2.24, 2.45) is 5.92 Å². The quantitative estimate of drug-likeness (QED) is 0.614. The molecule has 1 rings (SSSR count). The molecule has 0 saturated heterocycles. The Hall–Kier alpha value is -0.225. The van der Waals surface area contributed by atoms with Crippen LogP contribution in [0.4, 0.5) is 12.9 Å². The molecular weight excluding hydrogens is 206 g/mol. The van der Waals surface area contributed by atoms with Gasteiger partial charge in [-0.25, -0.2) is 0 Å². The largest absolute Gasteiger partial charge is 0.492 e. The summed E-state index contributed by atoms with van der Waals surface area (Å²) in [7, 11) is 1.51. The lowest BCUT2D eigenvalue weighted by Gasteiger charge is -2.33. The highest BCUT2D eigenvalue weighted by molar-refractivity contribution is 6.58. The van der Waals surface area contributed by atoms with E-state index in [2.05, 4.69) is 0 Å². The van der Waals surface area contributed by atoms with Gasteiger partial charge in [0.15, 0.2) is 0 Å². The Kier molecular flexibility index (Phi) is 4.46. The zero-order valence-corrected chi connectivity index (χ0v) is 9.26. The monoisotopic (exact) mass is 224 g/mol. The molecule has 0 aromatic carbocycles. The smallest absolute Gasteiger partial charge is 0.448 e. The Balaban J connectivity index is 2.43. The molecule has 0 heterocycles. The Morgan fingerprint density at radius 3 is 2.40 bits per heavy atom. The average molecular weight is 224 g/mol. The van der Waals surface area contributed by atoms with E-state index in [-0.39, 0.29) is 6.04 Å². The highest BCUT2D eigenvalue weighted by atomic mass is 19.4. The van der Waals surface area contributed by atoms with Gasteiger partial charge >= 0.3 is 6.98 Å². The molecule has 0 radical (unpaired) electrons. The van der Waals surface area contributed by atoms with Crippen molar-refractivity contribution in [3.05, 3.63) is 0 Å². The Morgan fingerprint density at radius 2 is 2.00 bits per heavy atom. The second kappa shape index (κ2) is 5.21. The lowest BCUT2D eigenvalue weighted by atomic mass is 9.90. The fraction of sp³-hybridized carbons (Fsp3) is 1.00. The van der Waals surface area contributed by atoms with Gasteiger partial charge in [-0.2, -0.15) is 0 Å². The second-order valence-electron chi connectivity index (χ2n) is 4.28. The van der Waals surface area contributed by atoms with Crippen molar-refractivity contribution in [2.45, 2.75) is 25.8 Å². The van der Waals surface area contributed by atoms with E-state index in [9.17, 15) is 12.9 Å². The minimum atomic E-state index is -4.73.